The van der Waals surface area contributed by atoms with E-state index < -0.39 is 0 Å². The van der Waals surface area contributed by atoms with Crippen LogP contribution >= 0.6 is 23.2 Å². The molecule has 2 aromatic carbocycles. The Balaban J connectivity index is 0.000000270. The number of halogens is 2. The summed E-state index contributed by atoms with van der Waals surface area (Å²) in [5.74, 6) is 0.637. The fourth-order valence-corrected chi connectivity index (χ4v) is 12.0. The third kappa shape index (κ3) is 12.5. The smallest absolute Gasteiger partial charge is 0.291 e. The van der Waals surface area contributed by atoms with E-state index in [9.17, 15) is 19.2 Å². The number of fused-ring (bicyclic) bond motifs is 3. The van der Waals surface area contributed by atoms with Gasteiger partial charge >= 0.3 is 0 Å². The zero-order valence-corrected chi connectivity index (χ0v) is 42.8. The number of carbonyl (C=O) groups is 4. The largest absolute Gasteiger partial charge is 0.400 e. The van der Waals surface area contributed by atoms with Crippen molar-refractivity contribution in [3.8, 4) is 11.1 Å². The van der Waals surface area contributed by atoms with Gasteiger partial charge in [0.25, 0.3) is 5.91 Å². The molecule has 3 aliphatic carbocycles. The van der Waals surface area contributed by atoms with Gasteiger partial charge in [-0.1, -0.05) is 86.5 Å². The number of hydrogen-bond acceptors (Lipinski definition) is 10. The first-order valence-corrected chi connectivity index (χ1v) is 25.3. The summed E-state index contributed by atoms with van der Waals surface area (Å²) in [6.07, 6.45) is 23.8. The number of unbranched alkanes of at least 4 members (excludes halogenated alkanes) is 2. The highest BCUT2D eigenvalue weighted by Gasteiger charge is 2.53. The van der Waals surface area contributed by atoms with Gasteiger partial charge in [-0.2, -0.15) is 0 Å². The van der Waals surface area contributed by atoms with Gasteiger partial charge in [-0.05, 0) is 108 Å². The van der Waals surface area contributed by atoms with Crippen molar-refractivity contribution in [3.05, 3.63) is 80.9 Å². The van der Waals surface area contributed by atoms with Crippen LogP contribution in [0.1, 0.15) is 154 Å². The summed E-state index contributed by atoms with van der Waals surface area (Å²) < 4.78 is 3.86. The van der Waals surface area contributed by atoms with Crippen LogP contribution in [0, 0.1) is 16.2 Å². The molecule has 2 aromatic heterocycles. The van der Waals surface area contributed by atoms with Gasteiger partial charge in [0.2, 0.25) is 0 Å². The quantitative estimate of drug-likeness (QED) is 0.0524. The molecule has 3 fully saturated rings. The fourth-order valence-electron chi connectivity index (χ4n) is 11.4. The zero-order valence-electron chi connectivity index (χ0n) is 41.3. The Hall–Kier alpha value is -4.40. The average molecular weight is 977 g/mol. The summed E-state index contributed by atoms with van der Waals surface area (Å²) in [5.41, 5.74) is 7.58. The maximum Gasteiger partial charge on any atom is 0.291 e. The zero-order chi connectivity index (χ0) is 49.5. The van der Waals surface area contributed by atoms with Crippen LogP contribution in [-0.4, -0.2) is 93.3 Å². The first-order valence-electron chi connectivity index (χ1n) is 24.6. The highest BCUT2D eigenvalue weighted by atomic mass is 35.5. The van der Waals surface area contributed by atoms with Gasteiger partial charge in [-0.25, -0.2) is 9.97 Å². The van der Waals surface area contributed by atoms with Crippen LogP contribution in [-0.2, 0) is 49.5 Å². The second kappa shape index (κ2) is 25.5. The normalized spacial score (nSPS) is 19.9. The minimum atomic E-state index is -0.286. The number of amides is 1. The summed E-state index contributed by atoms with van der Waals surface area (Å²) in [4.78, 5) is 59.2. The van der Waals surface area contributed by atoms with Crippen molar-refractivity contribution in [2.24, 2.45) is 30.3 Å². The molecule has 0 atom stereocenters. The molecule has 8 rings (SSSR count). The molecule has 4 aliphatic rings. The lowest BCUT2D eigenvalue weighted by Gasteiger charge is -2.27. The van der Waals surface area contributed by atoms with Crippen molar-refractivity contribution in [2.75, 3.05) is 45.0 Å². The molecule has 3 heterocycles. The summed E-state index contributed by atoms with van der Waals surface area (Å²) in [5, 5.41) is 21.1. The van der Waals surface area contributed by atoms with Crippen molar-refractivity contribution in [1.29, 1.82) is 0 Å². The number of carbonyl (C=O) groups excluding carboxylic acids is 4. The van der Waals surface area contributed by atoms with Crippen LogP contribution in [0.2, 0.25) is 10.0 Å². The Morgan fingerprint density at radius 1 is 0.794 bits per heavy atom. The first kappa shape index (κ1) is 54.5. The highest BCUT2D eigenvalue weighted by Crippen LogP contribution is 2.62. The minimum Gasteiger partial charge on any atom is -0.400 e. The fraction of sp³-hybridized carbons (Fsp3) is 0.585. The lowest BCUT2D eigenvalue weighted by molar-refractivity contribution is -0.116. The second-order valence-corrected chi connectivity index (χ2v) is 20.0. The van der Waals surface area contributed by atoms with E-state index in [0.29, 0.717) is 32.8 Å². The molecule has 0 saturated heterocycles. The molecule has 1 aliphatic heterocycles. The maximum absolute atomic E-state index is 13.5. The number of aromatic nitrogens is 4. The lowest BCUT2D eigenvalue weighted by atomic mass is 9.79. The van der Waals surface area contributed by atoms with Crippen molar-refractivity contribution >= 4 is 59.3 Å². The molecule has 68 heavy (non-hydrogen) atoms. The number of aliphatic hydroxyl groups is 2. The predicted octanol–water partition coefficient (Wildman–Crippen LogP) is 10.2. The summed E-state index contributed by atoms with van der Waals surface area (Å²) in [6, 6.07) is 11.3. The SMILES string of the molecule is CCCc1c(CCCCC23CCC(C=O)(CC2)C3)nc(C(=O)Nc2cccc(-c3cccc(NC)c3Cl)c2Cl)n1C.CO.CO.Cn1c(C=O)nc2c1CCN(CCCCC1(C=O)CCCC1)C2. The number of rotatable bonds is 19. The predicted molar refractivity (Wildman–Crippen MR) is 273 cm³/mol. The van der Waals surface area contributed by atoms with E-state index in [0.717, 1.165) is 164 Å². The van der Waals surface area contributed by atoms with E-state index in [-0.39, 0.29) is 16.7 Å². The number of aldehydes is 3. The number of hydrogen-bond donors (Lipinski definition) is 4. The molecule has 372 valence electrons. The first-order chi connectivity index (χ1) is 32.9. The van der Waals surface area contributed by atoms with E-state index in [1.54, 1.807) is 6.07 Å². The van der Waals surface area contributed by atoms with Crippen LogP contribution < -0.4 is 10.6 Å². The van der Waals surface area contributed by atoms with Gasteiger partial charge in [0.1, 0.15) is 12.6 Å². The van der Waals surface area contributed by atoms with E-state index in [4.69, 9.17) is 38.4 Å². The number of nitrogens with one attached hydrogen (secondary N) is 2. The van der Waals surface area contributed by atoms with E-state index >= 15 is 0 Å². The third-order valence-corrected chi connectivity index (χ3v) is 16.0. The standard InChI is InChI=1S/C33H40Cl2N4O2.C18H27N3O2.2CH4O/c1-4-9-27-24(12-5-6-15-32-16-18-33(20-32,21-40)19-17-32)37-30(39(27)3)31(41)38-26-14-8-11-23(29(26)35)22-10-7-13-25(36-2)28(22)34;1-20-16-6-11-21(12-15(16)19-17(20)13-22)10-5-4-9-18(14-23)7-2-3-8-18;2*1-2/h7-8,10-11,13-14,21,36H,4-6,9,12,15-20H2,1-3H3,(H,38,41);13-14H,2-12H2,1H3;2*2H,1H3. The molecule has 0 radical (unpaired) electrons. The Kier molecular flexibility index (Phi) is 20.4. The van der Waals surface area contributed by atoms with Crippen LogP contribution in [0.15, 0.2) is 36.4 Å². The molecular weight excluding hydrogens is 902 g/mol. The van der Waals surface area contributed by atoms with Gasteiger partial charge in [-0.15, -0.1) is 0 Å². The van der Waals surface area contributed by atoms with Crippen LogP contribution in [0.5, 0.6) is 0 Å². The Labute approximate surface area is 413 Å². The van der Waals surface area contributed by atoms with Crippen molar-refractivity contribution in [3.63, 3.8) is 0 Å². The van der Waals surface area contributed by atoms with E-state index in [1.165, 1.54) is 50.4 Å². The summed E-state index contributed by atoms with van der Waals surface area (Å²) in [7, 11) is 7.66. The molecule has 2 bridgehead atoms. The summed E-state index contributed by atoms with van der Waals surface area (Å²) in [6.45, 7) is 5.08. The molecule has 4 N–H and O–H groups in total. The number of aryl methyl sites for hydroxylation is 1. The number of benzene rings is 2. The van der Waals surface area contributed by atoms with Crippen LogP contribution in [0.25, 0.3) is 11.1 Å². The van der Waals surface area contributed by atoms with Crippen molar-refractivity contribution in [2.45, 2.75) is 135 Å². The van der Waals surface area contributed by atoms with Gasteiger partial charge in [0.15, 0.2) is 17.9 Å². The Morgan fingerprint density at radius 2 is 1.44 bits per heavy atom. The van der Waals surface area contributed by atoms with Gasteiger partial charge in [0, 0.05) is 88.2 Å². The topological polar surface area (TPSA) is 172 Å². The van der Waals surface area contributed by atoms with Crippen molar-refractivity contribution in [1.82, 2.24) is 24.0 Å². The van der Waals surface area contributed by atoms with Crippen LogP contribution in [0.3, 0.4) is 0 Å². The molecule has 13 nitrogen and oxygen atoms in total. The Bertz CT molecular complexity index is 2310. The van der Waals surface area contributed by atoms with Crippen LogP contribution in [0.4, 0.5) is 11.4 Å². The average Bonchev–Trinajstić information content (AvgIpc) is 4.21. The monoisotopic (exact) mass is 976 g/mol. The Morgan fingerprint density at radius 3 is 2.04 bits per heavy atom. The van der Waals surface area contributed by atoms with Gasteiger partial charge in [-0.3, -0.25) is 14.5 Å². The number of imidazole rings is 2. The molecule has 0 unspecified atom stereocenters. The van der Waals surface area contributed by atoms with E-state index in [1.807, 2.05) is 60.6 Å². The molecule has 0 spiro atoms. The molecular formula is C53H75Cl2N7O6. The molecule has 1 amide bonds. The van der Waals surface area contributed by atoms with E-state index in [2.05, 4.69) is 27.4 Å². The molecule has 15 heteroatoms. The number of anilines is 2. The number of nitrogens with zero attached hydrogens (tertiary/aromatic N) is 5. The third-order valence-electron chi connectivity index (χ3n) is 15.2. The summed E-state index contributed by atoms with van der Waals surface area (Å²) >= 11 is 13.4. The minimum absolute atomic E-state index is 0.00504. The van der Waals surface area contributed by atoms with Crippen molar-refractivity contribution < 1.29 is 29.4 Å². The van der Waals surface area contributed by atoms with Gasteiger partial charge in [0.05, 0.1) is 32.8 Å². The highest BCUT2D eigenvalue weighted by molar-refractivity contribution is 6.39. The lowest BCUT2D eigenvalue weighted by Crippen LogP contribution is -2.32. The maximum atomic E-state index is 13.5. The molecule has 4 aromatic rings. The number of aliphatic hydroxyl groups excluding tert-OH is 2. The second-order valence-electron chi connectivity index (χ2n) is 19.3. The van der Waals surface area contributed by atoms with Gasteiger partial charge < -0.3 is 39.6 Å². The molecule has 3 saturated carbocycles.